The second-order valence-corrected chi connectivity index (χ2v) is 9.27. The average molecular weight is 467 g/mol. The van der Waals surface area contributed by atoms with Crippen molar-refractivity contribution in [3.05, 3.63) is 23.1 Å². The molecule has 1 fully saturated rings. The molecule has 0 amide bonds. The van der Waals surface area contributed by atoms with Crippen LogP contribution < -0.4 is 10.6 Å². The summed E-state index contributed by atoms with van der Waals surface area (Å²) in [5.41, 5.74) is 3.71. The lowest BCUT2D eigenvalue weighted by Crippen LogP contribution is -2.24. The van der Waals surface area contributed by atoms with Crippen LogP contribution in [0.25, 0.3) is 20.8 Å². The summed E-state index contributed by atoms with van der Waals surface area (Å²) in [6.45, 7) is 4.47. The average Bonchev–Trinajstić information content (AvgIpc) is 3.32. The van der Waals surface area contributed by atoms with Gasteiger partial charge in [0.05, 0.1) is 21.7 Å². The number of rotatable bonds is 6. The maximum Gasteiger partial charge on any atom is 0.405 e. The van der Waals surface area contributed by atoms with Gasteiger partial charge in [0.1, 0.15) is 22.9 Å². The molecule has 4 rings (SSSR count). The second kappa shape index (κ2) is 8.78. The minimum absolute atomic E-state index is 0.0655. The fourth-order valence-corrected chi connectivity index (χ4v) is 5.30. The van der Waals surface area contributed by atoms with Crippen LogP contribution in [0.5, 0.6) is 0 Å². The summed E-state index contributed by atoms with van der Waals surface area (Å²) in [6.07, 6.45) is -1.87. The van der Waals surface area contributed by atoms with E-state index in [2.05, 4.69) is 25.6 Å². The molecule has 32 heavy (non-hydrogen) atoms. The molecule has 2 atom stereocenters. The van der Waals surface area contributed by atoms with Gasteiger partial charge in [-0.05, 0) is 52.0 Å². The third-order valence-corrected chi connectivity index (χ3v) is 6.59. The van der Waals surface area contributed by atoms with Crippen LogP contribution in [0.15, 0.2) is 6.07 Å². The molecule has 0 bridgehead atoms. The van der Waals surface area contributed by atoms with Gasteiger partial charge in [0, 0.05) is 18.3 Å². The lowest BCUT2D eigenvalue weighted by Gasteiger charge is -2.18. The third-order valence-electron chi connectivity index (χ3n) is 5.57. The summed E-state index contributed by atoms with van der Waals surface area (Å²) in [6, 6.07) is 2.03. The van der Waals surface area contributed by atoms with Crippen LogP contribution in [-0.4, -0.2) is 50.4 Å². The number of aliphatic hydroxyl groups is 1. The van der Waals surface area contributed by atoms with Crippen LogP contribution in [0, 0.1) is 26.7 Å². The number of nitrogens with zero attached hydrogens (tertiary/aromatic N) is 4. The molecule has 1 saturated carbocycles. The highest BCUT2D eigenvalue weighted by Gasteiger charge is 2.29. The Morgan fingerprint density at radius 3 is 2.56 bits per heavy atom. The summed E-state index contributed by atoms with van der Waals surface area (Å²) in [4.78, 5) is 17.9. The molecule has 1 aliphatic rings. The Balaban J connectivity index is 1.75. The second-order valence-electron chi connectivity index (χ2n) is 8.24. The van der Waals surface area contributed by atoms with Gasteiger partial charge in [-0.3, -0.25) is 4.98 Å². The molecule has 11 heteroatoms. The van der Waals surface area contributed by atoms with Gasteiger partial charge in [0.15, 0.2) is 0 Å². The number of alkyl halides is 3. The van der Waals surface area contributed by atoms with Gasteiger partial charge in [-0.2, -0.15) is 18.2 Å². The first-order valence-electron chi connectivity index (χ1n) is 10.4. The van der Waals surface area contributed by atoms with Crippen LogP contribution >= 0.6 is 11.3 Å². The number of nitrogens with one attached hydrogen (secondary N) is 2. The Bertz CT molecular complexity index is 1130. The van der Waals surface area contributed by atoms with Crippen LogP contribution in [0.3, 0.4) is 0 Å². The maximum absolute atomic E-state index is 12.7. The number of halogens is 3. The van der Waals surface area contributed by atoms with Gasteiger partial charge in [0.2, 0.25) is 5.95 Å². The Morgan fingerprint density at radius 2 is 1.88 bits per heavy atom. The molecule has 3 aromatic heterocycles. The van der Waals surface area contributed by atoms with Gasteiger partial charge in [0.25, 0.3) is 0 Å². The quantitative estimate of drug-likeness (QED) is 0.488. The van der Waals surface area contributed by atoms with Crippen molar-refractivity contribution in [1.29, 1.82) is 0 Å². The molecule has 3 N–H and O–H groups in total. The van der Waals surface area contributed by atoms with Crippen molar-refractivity contribution in [1.82, 2.24) is 19.9 Å². The lowest BCUT2D eigenvalue weighted by molar-refractivity contribution is -0.115. The zero-order chi connectivity index (χ0) is 23.0. The Labute approximate surface area is 187 Å². The van der Waals surface area contributed by atoms with Gasteiger partial charge >= 0.3 is 6.18 Å². The Hall–Kier alpha value is -2.53. The molecule has 0 aromatic carbocycles. The number of anilines is 2. The Morgan fingerprint density at radius 1 is 1.09 bits per heavy atom. The number of hydrogen-bond acceptors (Lipinski definition) is 8. The molecule has 7 nitrogen and oxygen atoms in total. The third kappa shape index (κ3) is 4.93. The predicted octanol–water partition coefficient (Wildman–Crippen LogP) is 4.62. The van der Waals surface area contributed by atoms with E-state index >= 15 is 0 Å². The van der Waals surface area contributed by atoms with Crippen molar-refractivity contribution in [3.8, 4) is 10.6 Å². The predicted molar refractivity (Wildman–Crippen MR) is 119 cm³/mol. The number of aryl methyl sites for hydroxylation is 3. The van der Waals surface area contributed by atoms with E-state index in [1.807, 2.05) is 19.9 Å². The van der Waals surface area contributed by atoms with E-state index in [4.69, 9.17) is 4.98 Å². The highest BCUT2D eigenvalue weighted by atomic mass is 32.1. The Kier molecular flexibility index (Phi) is 6.22. The maximum atomic E-state index is 12.7. The minimum atomic E-state index is -4.38. The summed E-state index contributed by atoms with van der Waals surface area (Å²) < 4.78 is 39.1. The van der Waals surface area contributed by atoms with E-state index in [0.29, 0.717) is 22.1 Å². The highest BCUT2D eigenvalue weighted by Crippen LogP contribution is 2.38. The topological polar surface area (TPSA) is 95.9 Å². The fourth-order valence-electron chi connectivity index (χ4n) is 4.09. The first-order valence-corrected chi connectivity index (χ1v) is 11.3. The van der Waals surface area contributed by atoms with E-state index in [0.717, 1.165) is 40.9 Å². The summed E-state index contributed by atoms with van der Waals surface area (Å²) in [7, 11) is 0. The van der Waals surface area contributed by atoms with Crippen molar-refractivity contribution < 1.29 is 18.3 Å². The molecule has 0 unspecified atom stereocenters. The van der Waals surface area contributed by atoms with E-state index < -0.39 is 12.7 Å². The molecule has 3 aromatic rings. The summed E-state index contributed by atoms with van der Waals surface area (Å²) in [5, 5.41) is 15.8. The standard InChI is InChI=1S/C21H25F3N6OS/c1-10-6-15-17(12(3)26-10)29-19(32-15)16-11(2)27-20(25-9-21(22,23)24)30-18(16)28-14-5-4-13(7-14)8-31/h6,13-14,31H,4-5,7-9H2,1-3H3,(H2,25,27,28,30)/t13-,14+/m1/s1. The molecule has 0 spiro atoms. The number of aliphatic hydroxyl groups excluding tert-OH is 1. The monoisotopic (exact) mass is 466 g/mol. The molecule has 3 heterocycles. The molecular weight excluding hydrogens is 441 g/mol. The van der Waals surface area contributed by atoms with Crippen molar-refractivity contribution in [2.24, 2.45) is 5.92 Å². The van der Waals surface area contributed by atoms with Crippen molar-refractivity contribution in [3.63, 3.8) is 0 Å². The van der Waals surface area contributed by atoms with Crippen molar-refractivity contribution >= 4 is 33.3 Å². The first kappa shape index (κ1) is 22.7. The lowest BCUT2D eigenvalue weighted by atomic mass is 10.1. The number of hydrogen-bond donors (Lipinski definition) is 3. The van der Waals surface area contributed by atoms with Gasteiger partial charge in [-0.1, -0.05) is 0 Å². The largest absolute Gasteiger partial charge is 0.405 e. The minimum Gasteiger partial charge on any atom is -0.396 e. The van der Waals surface area contributed by atoms with E-state index in [-0.39, 0.29) is 24.5 Å². The summed E-state index contributed by atoms with van der Waals surface area (Å²) in [5.74, 6) is 0.575. The molecule has 0 aliphatic heterocycles. The smallest absolute Gasteiger partial charge is 0.396 e. The number of aromatic nitrogens is 4. The normalized spacial score (nSPS) is 19.0. The van der Waals surface area contributed by atoms with Crippen LogP contribution in [-0.2, 0) is 0 Å². The SMILES string of the molecule is Cc1cc2sc(-c3c(C)nc(NCC(F)(F)F)nc3N[C@H]3CC[C@@H](CO)C3)nc2c(C)n1. The first-order chi connectivity index (χ1) is 15.1. The number of thiazole rings is 1. The number of fused-ring (bicyclic) bond motifs is 1. The highest BCUT2D eigenvalue weighted by molar-refractivity contribution is 7.21. The zero-order valence-electron chi connectivity index (χ0n) is 18.0. The molecule has 172 valence electrons. The molecular formula is C21H25F3N6OS. The summed E-state index contributed by atoms with van der Waals surface area (Å²) >= 11 is 1.48. The van der Waals surface area contributed by atoms with Gasteiger partial charge in [-0.25, -0.2) is 9.97 Å². The van der Waals surface area contributed by atoms with Crippen molar-refractivity contribution in [2.75, 3.05) is 23.8 Å². The van der Waals surface area contributed by atoms with Gasteiger partial charge < -0.3 is 15.7 Å². The van der Waals surface area contributed by atoms with E-state index in [1.165, 1.54) is 11.3 Å². The number of pyridine rings is 1. The van der Waals surface area contributed by atoms with Gasteiger partial charge in [-0.15, -0.1) is 11.3 Å². The van der Waals surface area contributed by atoms with Crippen molar-refractivity contribution in [2.45, 2.75) is 52.3 Å². The zero-order valence-corrected chi connectivity index (χ0v) is 18.9. The molecule has 1 aliphatic carbocycles. The molecule has 0 saturated heterocycles. The van der Waals surface area contributed by atoms with Crippen LogP contribution in [0.2, 0.25) is 0 Å². The van der Waals surface area contributed by atoms with E-state index in [1.54, 1.807) is 6.92 Å². The van der Waals surface area contributed by atoms with Crippen LogP contribution in [0.1, 0.15) is 36.3 Å². The van der Waals surface area contributed by atoms with Crippen LogP contribution in [0.4, 0.5) is 24.9 Å². The fraction of sp³-hybridized carbons (Fsp3) is 0.524. The molecule has 0 radical (unpaired) electrons. The van der Waals surface area contributed by atoms with E-state index in [9.17, 15) is 18.3 Å².